The highest BCUT2D eigenvalue weighted by Gasteiger charge is 2.31. The summed E-state index contributed by atoms with van der Waals surface area (Å²) in [7, 11) is 0. The molecule has 0 bridgehead atoms. The smallest absolute Gasteiger partial charge is 0.383 e. The largest absolute Gasteiger partial charge is 0.416 e. The van der Waals surface area contributed by atoms with Crippen LogP contribution in [-0.4, -0.2) is 35.5 Å². The second-order valence-corrected chi connectivity index (χ2v) is 10.2. The molecule has 0 atom stereocenters. The molecule has 2 aromatic heterocycles. The van der Waals surface area contributed by atoms with E-state index in [0.29, 0.717) is 36.2 Å². The minimum Gasteiger partial charge on any atom is -0.383 e. The summed E-state index contributed by atoms with van der Waals surface area (Å²) in [5.74, 6) is 5.91. The molecule has 2 heterocycles. The zero-order valence-corrected chi connectivity index (χ0v) is 23.3. The van der Waals surface area contributed by atoms with Crippen LogP contribution in [0.5, 0.6) is 0 Å². The summed E-state index contributed by atoms with van der Waals surface area (Å²) >= 11 is 1.52. The van der Waals surface area contributed by atoms with Crippen LogP contribution in [0.3, 0.4) is 0 Å². The molecule has 0 spiro atoms. The van der Waals surface area contributed by atoms with Crippen molar-refractivity contribution < 1.29 is 22.4 Å². The number of carbonyl (C=O) groups is 1. The number of anilines is 3. The molecule has 4 rings (SSSR count). The van der Waals surface area contributed by atoms with Crippen LogP contribution in [0, 0.1) is 17.7 Å². The molecule has 2 amide bonds. The number of amides is 2. The van der Waals surface area contributed by atoms with E-state index in [9.17, 15) is 22.4 Å². The molecular formula is C30H29F4N5OS. The minimum atomic E-state index is -4.67. The van der Waals surface area contributed by atoms with Crippen molar-refractivity contribution in [3.05, 3.63) is 71.0 Å². The average Bonchev–Trinajstić information content (AvgIpc) is 3.38. The maximum absolute atomic E-state index is 14.0. The average molecular weight is 584 g/mol. The Balaban J connectivity index is 1.50. The number of hydrogen-bond acceptors (Lipinski definition) is 5. The number of thiophene rings is 1. The van der Waals surface area contributed by atoms with Gasteiger partial charge in [-0.3, -0.25) is 4.90 Å². The van der Waals surface area contributed by atoms with Gasteiger partial charge in [0, 0.05) is 22.8 Å². The van der Waals surface area contributed by atoms with Gasteiger partial charge in [0.25, 0.3) is 0 Å². The molecule has 4 aromatic rings. The van der Waals surface area contributed by atoms with Crippen molar-refractivity contribution in [1.82, 2.24) is 9.88 Å². The first-order valence-electron chi connectivity index (χ1n) is 13.0. The van der Waals surface area contributed by atoms with E-state index in [2.05, 4.69) is 46.2 Å². The third-order valence-electron chi connectivity index (χ3n) is 6.23. The van der Waals surface area contributed by atoms with Gasteiger partial charge in [0.15, 0.2) is 0 Å². The van der Waals surface area contributed by atoms with Crippen LogP contribution in [0.2, 0.25) is 0 Å². The monoisotopic (exact) mass is 583 g/mol. The van der Waals surface area contributed by atoms with Crippen molar-refractivity contribution in [3.8, 4) is 23.0 Å². The topological polar surface area (TPSA) is 83.3 Å². The Hall–Kier alpha value is -4.14. The van der Waals surface area contributed by atoms with Crippen LogP contribution >= 0.6 is 11.3 Å². The molecule has 0 radical (unpaired) electrons. The predicted molar refractivity (Wildman–Crippen MR) is 157 cm³/mol. The Morgan fingerprint density at radius 3 is 2.44 bits per heavy atom. The third kappa shape index (κ3) is 7.34. The van der Waals surface area contributed by atoms with E-state index >= 15 is 0 Å². The van der Waals surface area contributed by atoms with Crippen LogP contribution in [-0.2, 0) is 6.18 Å². The van der Waals surface area contributed by atoms with Gasteiger partial charge in [0.05, 0.1) is 28.1 Å². The van der Waals surface area contributed by atoms with Gasteiger partial charge in [0.1, 0.15) is 11.6 Å². The van der Waals surface area contributed by atoms with Gasteiger partial charge >= 0.3 is 12.2 Å². The Bertz CT molecular complexity index is 1580. The van der Waals surface area contributed by atoms with Gasteiger partial charge in [0.2, 0.25) is 0 Å². The highest BCUT2D eigenvalue weighted by atomic mass is 32.1. The summed E-state index contributed by atoms with van der Waals surface area (Å²) in [6.45, 7) is 6.96. The number of alkyl halides is 3. The fraction of sp³-hybridized carbons (Fsp3) is 0.267. The molecule has 4 N–H and O–H groups in total. The van der Waals surface area contributed by atoms with Crippen molar-refractivity contribution in [2.45, 2.75) is 32.9 Å². The lowest BCUT2D eigenvalue weighted by Gasteiger charge is -2.17. The molecule has 0 aliphatic carbocycles. The standard InChI is InChI=1S/C30H29F4N5OS/c1-3-13-39(14-4-2)15-5-6-20-17-36-28(35)26-23(18-41-27(20)26)19-7-10-22(11-8-19)37-29(40)38-25-16-21(30(32,33)34)9-12-24(25)31/h7-12,16-18H,3-4,13-15H2,1-2H3,(H2,35,36)(H2,37,38,40). The number of carbonyl (C=O) groups excluding carboxylic acids is 1. The first-order valence-corrected chi connectivity index (χ1v) is 13.9. The van der Waals surface area contributed by atoms with Gasteiger partial charge in [-0.2, -0.15) is 13.2 Å². The van der Waals surface area contributed by atoms with Gasteiger partial charge < -0.3 is 16.4 Å². The van der Waals surface area contributed by atoms with E-state index in [1.807, 2.05) is 5.38 Å². The number of hydrogen-bond donors (Lipinski definition) is 3. The van der Waals surface area contributed by atoms with Crippen molar-refractivity contribution in [3.63, 3.8) is 0 Å². The number of nitrogens with zero attached hydrogens (tertiary/aromatic N) is 2. The second-order valence-electron chi connectivity index (χ2n) is 9.34. The Morgan fingerprint density at radius 1 is 1.07 bits per heavy atom. The fourth-order valence-corrected chi connectivity index (χ4v) is 5.39. The number of pyridine rings is 1. The summed E-state index contributed by atoms with van der Waals surface area (Å²) in [4.78, 5) is 19.0. The van der Waals surface area contributed by atoms with E-state index in [4.69, 9.17) is 5.73 Å². The molecule has 2 aromatic carbocycles. The van der Waals surface area contributed by atoms with Gasteiger partial charge in [-0.15, -0.1) is 11.3 Å². The van der Waals surface area contributed by atoms with Crippen LogP contribution in [0.15, 0.2) is 54.0 Å². The van der Waals surface area contributed by atoms with Crippen LogP contribution in [0.4, 0.5) is 39.5 Å². The van der Waals surface area contributed by atoms with E-state index in [1.165, 1.54) is 11.3 Å². The fourth-order valence-electron chi connectivity index (χ4n) is 4.33. The van der Waals surface area contributed by atoms with E-state index in [1.54, 1.807) is 30.5 Å². The van der Waals surface area contributed by atoms with E-state index in [-0.39, 0.29) is 0 Å². The summed E-state index contributed by atoms with van der Waals surface area (Å²) < 4.78 is 53.8. The lowest BCUT2D eigenvalue weighted by Crippen LogP contribution is -2.25. The minimum absolute atomic E-state index is 0.361. The number of nitrogens with two attached hydrogens (primary N) is 1. The van der Waals surface area contributed by atoms with E-state index < -0.39 is 29.3 Å². The zero-order chi connectivity index (χ0) is 29.6. The molecule has 41 heavy (non-hydrogen) atoms. The first kappa shape index (κ1) is 29.8. The maximum atomic E-state index is 14.0. The van der Waals surface area contributed by atoms with Crippen molar-refractivity contribution >= 4 is 44.6 Å². The number of nitrogen functional groups attached to an aromatic ring is 1. The normalized spacial score (nSPS) is 11.4. The Labute approximate surface area is 239 Å². The van der Waals surface area contributed by atoms with Crippen molar-refractivity contribution in [2.24, 2.45) is 0 Å². The number of urea groups is 1. The molecular weight excluding hydrogens is 554 g/mol. The summed E-state index contributed by atoms with van der Waals surface area (Å²) in [5.41, 5.74) is 7.45. The number of nitrogens with one attached hydrogen (secondary N) is 2. The predicted octanol–water partition coefficient (Wildman–Crippen LogP) is 7.82. The highest BCUT2D eigenvalue weighted by Crippen LogP contribution is 2.38. The lowest BCUT2D eigenvalue weighted by molar-refractivity contribution is -0.137. The van der Waals surface area contributed by atoms with Crippen molar-refractivity contribution in [1.29, 1.82) is 0 Å². The number of fused-ring (bicyclic) bond motifs is 1. The number of rotatable bonds is 8. The Kier molecular flexibility index (Phi) is 9.47. The SMILES string of the molecule is CCCN(CC#Cc1cnc(N)c2c(-c3ccc(NC(=O)Nc4cc(C(F)(F)F)ccc4F)cc3)csc12)CCC. The number of halogens is 4. The summed E-state index contributed by atoms with van der Waals surface area (Å²) in [6.07, 6.45) is -0.846. The number of benzene rings is 2. The Morgan fingerprint density at radius 2 is 1.78 bits per heavy atom. The van der Waals surface area contributed by atoms with Crippen LogP contribution in [0.25, 0.3) is 21.2 Å². The zero-order valence-electron chi connectivity index (χ0n) is 22.5. The maximum Gasteiger partial charge on any atom is 0.416 e. The molecule has 0 unspecified atom stereocenters. The molecule has 0 aliphatic heterocycles. The quantitative estimate of drug-likeness (QED) is 0.146. The van der Waals surface area contributed by atoms with E-state index in [0.717, 1.165) is 52.7 Å². The molecule has 11 heteroatoms. The van der Waals surface area contributed by atoms with Crippen molar-refractivity contribution in [2.75, 3.05) is 36.0 Å². The number of aromatic nitrogens is 1. The third-order valence-corrected chi connectivity index (χ3v) is 7.24. The molecule has 0 saturated heterocycles. The summed E-state index contributed by atoms with van der Waals surface area (Å²) in [6, 6.07) is 7.73. The molecule has 0 aliphatic rings. The van der Waals surface area contributed by atoms with Gasteiger partial charge in [-0.25, -0.2) is 14.2 Å². The molecule has 0 fully saturated rings. The second kappa shape index (κ2) is 13.0. The lowest BCUT2D eigenvalue weighted by atomic mass is 10.0. The molecule has 214 valence electrons. The highest BCUT2D eigenvalue weighted by molar-refractivity contribution is 7.18. The van der Waals surface area contributed by atoms with Crippen LogP contribution in [0.1, 0.15) is 37.8 Å². The summed E-state index contributed by atoms with van der Waals surface area (Å²) in [5, 5.41) is 7.39. The van der Waals surface area contributed by atoms with Crippen LogP contribution < -0.4 is 16.4 Å². The van der Waals surface area contributed by atoms with Gasteiger partial charge in [-0.1, -0.05) is 37.8 Å². The first-order chi connectivity index (χ1) is 19.6. The molecule has 0 saturated carbocycles. The molecule has 6 nitrogen and oxygen atoms in total. The van der Waals surface area contributed by atoms with Gasteiger partial charge in [-0.05, 0) is 67.2 Å².